The van der Waals surface area contributed by atoms with E-state index >= 15 is 0 Å². The zero-order valence-electron chi connectivity index (χ0n) is 10.2. The van der Waals surface area contributed by atoms with Crippen molar-refractivity contribution < 1.29 is 4.79 Å². The highest BCUT2D eigenvalue weighted by Gasteiger charge is 2.07. The first kappa shape index (κ1) is 12.4. The number of ketones is 1. The van der Waals surface area contributed by atoms with Gasteiger partial charge in [0.2, 0.25) is 0 Å². The SMILES string of the molecule is CC=CCC(C(C)=O)=C(C)c1ccccc1. The van der Waals surface area contributed by atoms with E-state index in [0.717, 1.165) is 16.7 Å². The van der Waals surface area contributed by atoms with Crippen LogP contribution in [0.2, 0.25) is 0 Å². The fourth-order valence-electron chi connectivity index (χ4n) is 1.66. The monoisotopic (exact) mass is 214 g/mol. The van der Waals surface area contributed by atoms with E-state index in [1.807, 2.05) is 56.3 Å². The van der Waals surface area contributed by atoms with Crippen LogP contribution in [-0.2, 0) is 4.79 Å². The maximum atomic E-state index is 11.6. The van der Waals surface area contributed by atoms with Crippen molar-refractivity contribution in [3.63, 3.8) is 0 Å². The third-order valence-electron chi connectivity index (χ3n) is 2.64. The van der Waals surface area contributed by atoms with Crippen LogP contribution in [0.25, 0.3) is 5.57 Å². The number of hydrogen-bond donors (Lipinski definition) is 0. The van der Waals surface area contributed by atoms with Gasteiger partial charge in [0.1, 0.15) is 0 Å². The van der Waals surface area contributed by atoms with Gasteiger partial charge in [0.25, 0.3) is 0 Å². The van der Waals surface area contributed by atoms with E-state index in [1.165, 1.54) is 0 Å². The highest BCUT2D eigenvalue weighted by Crippen LogP contribution is 2.21. The molecule has 0 saturated carbocycles. The van der Waals surface area contributed by atoms with Crippen LogP contribution in [0, 0.1) is 0 Å². The third-order valence-corrected chi connectivity index (χ3v) is 2.64. The van der Waals surface area contributed by atoms with E-state index in [1.54, 1.807) is 6.92 Å². The fourth-order valence-corrected chi connectivity index (χ4v) is 1.66. The lowest BCUT2D eigenvalue weighted by Crippen LogP contribution is -1.99. The molecular weight excluding hydrogens is 196 g/mol. The molecule has 0 aliphatic rings. The first-order valence-electron chi connectivity index (χ1n) is 5.54. The maximum absolute atomic E-state index is 11.6. The van der Waals surface area contributed by atoms with E-state index in [9.17, 15) is 4.79 Å². The smallest absolute Gasteiger partial charge is 0.156 e. The summed E-state index contributed by atoms with van der Waals surface area (Å²) in [5.74, 6) is 0.152. The highest BCUT2D eigenvalue weighted by atomic mass is 16.1. The summed E-state index contributed by atoms with van der Waals surface area (Å²) < 4.78 is 0. The van der Waals surface area contributed by atoms with Gasteiger partial charge in [-0.15, -0.1) is 0 Å². The van der Waals surface area contributed by atoms with Crippen LogP contribution in [0.3, 0.4) is 0 Å². The highest BCUT2D eigenvalue weighted by molar-refractivity contribution is 6.01. The summed E-state index contributed by atoms with van der Waals surface area (Å²) in [6.07, 6.45) is 4.71. The van der Waals surface area contributed by atoms with Crippen LogP contribution in [-0.4, -0.2) is 5.78 Å². The number of carbonyl (C=O) groups excluding carboxylic acids is 1. The van der Waals surface area contributed by atoms with Gasteiger partial charge in [-0.2, -0.15) is 0 Å². The molecule has 84 valence electrons. The molecule has 0 saturated heterocycles. The summed E-state index contributed by atoms with van der Waals surface area (Å²) in [4.78, 5) is 11.6. The molecule has 0 spiro atoms. The van der Waals surface area contributed by atoms with Crippen LogP contribution in [0.1, 0.15) is 32.8 Å². The van der Waals surface area contributed by atoms with Crippen molar-refractivity contribution in [2.24, 2.45) is 0 Å². The van der Waals surface area contributed by atoms with Gasteiger partial charge >= 0.3 is 0 Å². The zero-order valence-corrected chi connectivity index (χ0v) is 10.2. The van der Waals surface area contributed by atoms with E-state index in [-0.39, 0.29) is 5.78 Å². The minimum atomic E-state index is 0.152. The lowest BCUT2D eigenvalue weighted by Gasteiger charge is -2.07. The van der Waals surface area contributed by atoms with E-state index in [2.05, 4.69) is 0 Å². The molecule has 0 amide bonds. The second-order valence-corrected chi connectivity index (χ2v) is 3.80. The van der Waals surface area contributed by atoms with Crippen LogP contribution < -0.4 is 0 Å². The van der Waals surface area contributed by atoms with Crippen molar-refractivity contribution in [1.82, 2.24) is 0 Å². The van der Waals surface area contributed by atoms with Gasteiger partial charge in [0, 0.05) is 5.57 Å². The average molecular weight is 214 g/mol. The van der Waals surface area contributed by atoms with Crippen molar-refractivity contribution in [1.29, 1.82) is 0 Å². The summed E-state index contributed by atoms with van der Waals surface area (Å²) >= 11 is 0. The summed E-state index contributed by atoms with van der Waals surface area (Å²) in [7, 11) is 0. The van der Waals surface area contributed by atoms with Gasteiger partial charge in [-0.25, -0.2) is 0 Å². The molecule has 0 bridgehead atoms. The second-order valence-electron chi connectivity index (χ2n) is 3.80. The van der Waals surface area contributed by atoms with Gasteiger partial charge in [-0.3, -0.25) is 4.79 Å². The second kappa shape index (κ2) is 6.06. The fraction of sp³-hybridized carbons (Fsp3) is 0.267. The first-order valence-corrected chi connectivity index (χ1v) is 5.54. The molecule has 1 heteroatoms. The van der Waals surface area contributed by atoms with Gasteiger partial charge in [-0.1, -0.05) is 42.5 Å². The Labute approximate surface area is 97.5 Å². The first-order chi connectivity index (χ1) is 7.66. The predicted octanol–water partition coefficient (Wildman–Crippen LogP) is 4.02. The maximum Gasteiger partial charge on any atom is 0.156 e. The number of carbonyl (C=O) groups is 1. The molecule has 0 unspecified atom stereocenters. The van der Waals surface area contributed by atoms with Crippen molar-refractivity contribution in [2.75, 3.05) is 0 Å². The molecule has 0 fully saturated rings. The van der Waals surface area contributed by atoms with E-state index < -0.39 is 0 Å². The van der Waals surface area contributed by atoms with E-state index in [0.29, 0.717) is 6.42 Å². The summed E-state index contributed by atoms with van der Waals surface area (Å²) in [6, 6.07) is 10.0. The largest absolute Gasteiger partial charge is 0.295 e. The third kappa shape index (κ3) is 3.20. The van der Waals surface area contributed by atoms with Crippen LogP contribution >= 0.6 is 0 Å². The number of benzene rings is 1. The van der Waals surface area contributed by atoms with Gasteiger partial charge in [-0.05, 0) is 38.3 Å². The Hall–Kier alpha value is -1.63. The van der Waals surface area contributed by atoms with Gasteiger partial charge in [0.15, 0.2) is 5.78 Å². The molecule has 0 aliphatic carbocycles. The number of allylic oxidation sites excluding steroid dienone is 4. The van der Waals surface area contributed by atoms with Crippen molar-refractivity contribution in [2.45, 2.75) is 27.2 Å². The Morgan fingerprint density at radius 3 is 2.31 bits per heavy atom. The molecule has 1 rings (SSSR count). The number of rotatable bonds is 4. The quantitative estimate of drug-likeness (QED) is 0.546. The lowest BCUT2D eigenvalue weighted by atomic mass is 9.96. The standard InChI is InChI=1S/C15H18O/c1-4-5-11-15(13(3)16)12(2)14-9-7-6-8-10-14/h4-10H,11H2,1-3H3. The molecule has 0 N–H and O–H groups in total. The van der Waals surface area contributed by atoms with Crippen LogP contribution in [0.15, 0.2) is 48.1 Å². The normalized spacial score (nSPS) is 12.7. The molecule has 0 heterocycles. The van der Waals surface area contributed by atoms with Crippen molar-refractivity contribution >= 4 is 11.4 Å². The Balaban J connectivity index is 3.11. The molecule has 0 radical (unpaired) electrons. The molecule has 0 aromatic heterocycles. The van der Waals surface area contributed by atoms with Crippen molar-refractivity contribution in [3.8, 4) is 0 Å². The molecule has 1 nitrogen and oxygen atoms in total. The molecular formula is C15H18O. The summed E-state index contributed by atoms with van der Waals surface area (Å²) in [5, 5.41) is 0. The average Bonchev–Trinajstić information content (AvgIpc) is 2.30. The van der Waals surface area contributed by atoms with Gasteiger partial charge < -0.3 is 0 Å². The summed E-state index contributed by atoms with van der Waals surface area (Å²) in [5.41, 5.74) is 3.09. The molecule has 1 aromatic carbocycles. The Kier molecular flexibility index (Phi) is 4.71. The van der Waals surface area contributed by atoms with Crippen LogP contribution in [0.4, 0.5) is 0 Å². The van der Waals surface area contributed by atoms with Crippen LogP contribution in [0.5, 0.6) is 0 Å². The zero-order chi connectivity index (χ0) is 12.0. The topological polar surface area (TPSA) is 17.1 Å². The lowest BCUT2D eigenvalue weighted by molar-refractivity contribution is -0.113. The Morgan fingerprint density at radius 1 is 1.19 bits per heavy atom. The minimum Gasteiger partial charge on any atom is -0.295 e. The Morgan fingerprint density at radius 2 is 1.81 bits per heavy atom. The molecule has 16 heavy (non-hydrogen) atoms. The molecule has 0 aliphatic heterocycles. The predicted molar refractivity (Wildman–Crippen MR) is 69.1 cm³/mol. The minimum absolute atomic E-state index is 0.152. The van der Waals surface area contributed by atoms with Gasteiger partial charge in [0.05, 0.1) is 0 Å². The molecule has 0 atom stereocenters. The summed E-state index contributed by atoms with van der Waals surface area (Å²) in [6.45, 7) is 5.61. The number of Topliss-reactive ketones (excluding diaryl/α,β-unsaturated/α-hetero) is 1. The van der Waals surface area contributed by atoms with Crippen molar-refractivity contribution in [3.05, 3.63) is 53.6 Å². The Bertz CT molecular complexity index is 410. The molecule has 1 aromatic rings. The van der Waals surface area contributed by atoms with E-state index in [4.69, 9.17) is 0 Å². The number of hydrogen-bond acceptors (Lipinski definition) is 1.